The molecule has 1 saturated heterocycles. The van der Waals surface area contributed by atoms with Gasteiger partial charge in [0.25, 0.3) is 5.91 Å². The number of halogens is 2. The average Bonchev–Trinajstić information content (AvgIpc) is 2.90. The van der Waals surface area contributed by atoms with Crippen molar-refractivity contribution in [1.29, 1.82) is 0 Å². The molecule has 1 aromatic heterocycles. The van der Waals surface area contributed by atoms with E-state index in [1.54, 1.807) is 30.6 Å². The number of aromatic nitrogens is 2. The molecule has 5 rings (SSSR count). The molecule has 1 amide bonds. The highest BCUT2D eigenvalue weighted by Gasteiger charge is 2.26. The lowest BCUT2D eigenvalue weighted by Crippen LogP contribution is -2.49. The number of carbonyl (C=O) groups excluding carboxylic acids is 1. The van der Waals surface area contributed by atoms with Crippen LogP contribution in [0.4, 0.5) is 15.9 Å². The van der Waals surface area contributed by atoms with Crippen molar-refractivity contribution in [1.82, 2.24) is 14.9 Å². The number of hydrogen-bond acceptors (Lipinski definition) is 5. The van der Waals surface area contributed by atoms with Crippen LogP contribution in [0, 0.1) is 5.82 Å². The third-order valence-electron chi connectivity index (χ3n) is 6.90. The Morgan fingerprint density at radius 3 is 2.40 bits per heavy atom. The zero-order valence-electron chi connectivity index (χ0n) is 19.7. The molecule has 0 spiro atoms. The third kappa shape index (κ3) is 5.46. The molecule has 0 atom stereocenters. The van der Waals surface area contributed by atoms with E-state index in [0.717, 1.165) is 81.2 Å². The Hall–Kier alpha value is -3.03. The Balaban J connectivity index is 1.31. The van der Waals surface area contributed by atoms with Crippen molar-refractivity contribution in [2.75, 3.05) is 49.1 Å². The summed E-state index contributed by atoms with van der Waals surface area (Å²) >= 11 is 6.06. The van der Waals surface area contributed by atoms with Gasteiger partial charge in [0, 0.05) is 66.8 Å². The van der Waals surface area contributed by atoms with Crippen LogP contribution in [-0.2, 0) is 12.8 Å². The number of nitrogens with zero attached hydrogens (tertiary/aromatic N) is 5. The summed E-state index contributed by atoms with van der Waals surface area (Å²) in [5.41, 5.74) is 3.79. The van der Waals surface area contributed by atoms with Crippen LogP contribution < -0.4 is 9.80 Å². The van der Waals surface area contributed by atoms with Gasteiger partial charge in [-0.15, -0.1) is 0 Å². The fraction of sp³-hybridized carbons (Fsp3) is 0.370. The molecule has 2 heterocycles. The van der Waals surface area contributed by atoms with Gasteiger partial charge in [-0.2, -0.15) is 0 Å². The number of amides is 1. The number of fused-ring (bicyclic) bond motifs is 1. The number of rotatable bonds is 6. The zero-order chi connectivity index (χ0) is 24.2. The summed E-state index contributed by atoms with van der Waals surface area (Å²) in [4.78, 5) is 29.2. The molecule has 3 aromatic rings. The van der Waals surface area contributed by atoms with Gasteiger partial charge in [-0.1, -0.05) is 11.6 Å². The molecule has 2 aromatic carbocycles. The molecule has 1 fully saturated rings. The van der Waals surface area contributed by atoms with Gasteiger partial charge in [-0.25, -0.2) is 14.4 Å². The van der Waals surface area contributed by atoms with E-state index in [1.165, 1.54) is 12.1 Å². The van der Waals surface area contributed by atoms with Gasteiger partial charge in [-0.3, -0.25) is 14.6 Å². The minimum atomic E-state index is -0.218. The first-order valence-electron chi connectivity index (χ1n) is 12.2. The summed E-state index contributed by atoms with van der Waals surface area (Å²) in [7, 11) is 0. The smallest absolute Gasteiger partial charge is 0.259 e. The SMILES string of the molecule is O=C(c1ccc(Cl)cc1)N(CCN1CCN(c2ccc(F)cc2)CC1)c1ncnc2c1CCCC2. The van der Waals surface area contributed by atoms with E-state index >= 15 is 0 Å². The topological polar surface area (TPSA) is 52.6 Å². The highest BCUT2D eigenvalue weighted by molar-refractivity contribution is 6.30. The molecular weight excluding hydrogens is 465 g/mol. The van der Waals surface area contributed by atoms with E-state index in [9.17, 15) is 9.18 Å². The van der Waals surface area contributed by atoms with Crippen LogP contribution in [0.2, 0.25) is 5.02 Å². The monoisotopic (exact) mass is 493 g/mol. The molecule has 0 N–H and O–H groups in total. The molecule has 182 valence electrons. The predicted molar refractivity (Wildman–Crippen MR) is 137 cm³/mol. The fourth-order valence-electron chi connectivity index (χ4n) is 4.91. The van der Waals surface area contributed by atoms with Crippen molar-refractivity contribution in [3.63, 3.8) is 0 Å². The molecule has 1 aliphatic carbocycles. The number of carbonyl (C=O) groups is 1. The molecule has 2 aliphatic rings. The first kappa shape index (κ1) is 23.7. The molecule has 0 saturated carbocycles. The second kappa shape index (κ2) is 10.7. The van der Waals surface area contributed by atoms with E-state index in [4.69, 9.17) is 11.6 Å². The third-order valence-corrected chi connectivity index (χ3v) is 7.15. The van der Waals surface area contributed by atoms with Crippen LogP contribution >= 0.6 is 11.6 Å². The normalized spacial score (nSPS) is 16.1. The molecule has 35 heavy (non-hydrogen) atoms. The summed E-state index contributed by atoms with van der Waals surface area (Å²) in [5.74, 6) is 0.447. The Kier molecular flexibility index (Phi) is 7.25. The van der Waals surface area contributed by atoms with Crippen LogP contribution in [0.3, 0.4) is 0 Å². The molecule has 0 radical (unpaired) electrons. The van der Waals surface area contributed by atoms with Gasteiger partial charge in [0.15, 0.2) is 0 Å². The lowest BCUT2D eigenvalue weighted by Gasteiger charge is -2.37. The Morgan fingerprint density at radius 1 is 0.943 bits per heavy atom. The van der Waals surface area contributed by atoms with E-state index in [2.05, 4.69) is 19.8 Å². The maximum atomic E-state index is 13.6. The predicted octanol–water partition coefficient (Wildman–Crippen LogP) is 4.62. The Labute approximate surface area is 210 Å². The van der Waals surface area contributed by atoms with Gasteiger partial charge < -0.3 is 4.90 Å². The lowest BCUT2D eigenvalue weighted by atomic mass is 9.96. The Morgan fingerprint density at radius 2 is 1.66 bits per heavy atom. The van der Waals surface area contributed by atoms with Crippen molar-refractivity contribution in [3.8, 4) is 0 Å². The number of anilines is 2. The fourth-order valence-corrected chi connectivity index (χ4v) is 5.04. The first-order valence-corrected chi connectivity index (χ1v) is 12.6. The second-order valence-corrected chi connectivity index (χ2v) is 9.53. The van der Waals surface area contributed by atoms with Crippen molar-refractivity contribution in [3.05, 3.63) is 82.5 Å². The van der Waals surface area contributed by atoms with Gasteiger partial charge >= 0.3 is 0 Å². The van der Waals surface area contributed by atoms with E-state index in [-0.39, 0.29) is 11.7 Å². The van der Waals surface area contributed by atoms with E-state index in [1.807, 2.05) is 17.0 Å². The first-order chi connectivity index (χ1) is 17.1. The minimum absolute atomic E-state index is 0.0712. The molecule has 6 nitrogen and oxygen atoms in total. The number of benzene rings is 2. The number of aryl methyl sites for hydroxylation is 1. The highest BCUT2D eigenvalue weighted by Crippen LogP contribution is 2.28. The lowest BCUT2D eigenvalue weighted by molar-refractivity contribution is 0.0982. The maximum absolute atomic E-state index is 13.6. The summed E-state index contributed by atoms with van der Waals surface area (Å²) in [6.45, 7) is 4.76. The highest BCUT2D eigenvalue weighted by atomic mass is 35.5. The number of piperazine rings is 1. The largest absolute Gasteiger partial charge is 0.369 e. The van der Waals surface area contributed by atoms with Crippen LogP contribution in [0.1, 0.15) is 34.5 Å². The van der Waals surface area contributed by atoms with Gasteiger partial charge in [0.2, 0.25) is 0 Å². The van der Waals surface area contributed by atoms with Gasteiger partial charge in [0.05, 0.1) is 0 Å². The average molecular weight is 494 g/mol. The maximum Gasteiger partial charge on any atom is 0.259 e. The minimum Gasteiger partial charge on any atom is -0.369 e. The van der Waals surface area contributed by atoms with Crippen LogP contribution in [0.25, 0.3) is 0 Å². The van der Waals surface area contributed by atoms with Crippen LogP contribution in [0.5, 0.6) is 0 Å². The van der Waals surface area contributed by atoms with Crippen LogP contribution in [-0.4, -0.2) is 60.0 Å². The quantitative estimate of drug-likeness (QED) is 0.501. The summed E-state index contributed by atoms with van der Waals surface area (Å²) in [6, 6.07) is 13.7. The van der Waals surface area contributed by atoms with Crippen molar-refractivity contribution >= 4 is 29.0 Å². The van der Waals surface area contributed by atoms with Gasteiger partial charge in [0.1, 0.15) is 18.0 Å². The van der Waals surface area contributed by atoms with E-state index < -0.39 is 0 Å². The van der Waals surface area contributed by atoms with Crippen molar-refractivity contribution < 1.29 is 9.18 Å². The summed E-state index contributed by atoms with van der Waals surface area (Å²) in [6.07, 6.45) is 5.61. The second-order valence-electron chi connectivity index (χ2n) is 9.10. The van der Waals surface area contributed by atoms with Crippen molar-refractivity contribution in [2.24, 2.45) is 0 Å². The standard InChI is InChI=1S/C27H29ClFN5O/c28-21-7-5-20(6-8-21)27(35)34(26-24-3-1-2-4-25(24)30-19-31-26)18-15-32-13-16-33(17-14-32)23-11-9-22(29)10-12-23/h5-12,19H,1-4,13-18H2. The zero-order valence-corrected chi connectivity index (χ0v) is 20.4. The summed E-state index contributed by atoms with van der Waals surface area (Å²) < 4.78 is 13.3. The van der Waals surface area contributed by atoms with Crippen LogP contribution in [0.15, 0.2) is 54.9 Å². The molecule has 1 aliphatic heterocycles. The van der Waals surface area contributed by atoms with Crippen molar-refractivity contribution in [2.45, 2.75) is 25.7 Å². The summed E-state index contributed by atoms with van der Waals surface area (Å²) in [5, 5.41) is 0.603. The van der Waals surface area contributed by atoms with Gasteiger partial charge in [-0.05, 0) is 74.2 Å². The van der Waals surface area contributed by atoms with E-state index in [0.29, 0.717) is 17.1 Å². The molecule has 0 unspecified atom stereocenters. The molecular formula is C27H29ClFN5O. The molecule has 8 heteroatoms. The molecule has 0 bridgehead atoms. The number of hydrogen-bond donors (Lipinski definition) is 0. The Bertz CT molecular complexity index is 1160.